The lowest BCUT2D eigenvalue weighted by Crippen LogP contribution is -1.97. The molecule has 1 aromatic carbocycles. The van der Waals surface area contributed by atoms with Crippen LogP contribution in [0.3, 0.4) is 0 Å². The average Bonchev–Trinajstić information content (AvgIpc) is 2.09. The Morgan fingerprint density at radius 2 is 2.23 bits per heavy atom. The van der Waals surface area contributed by atoms with Gasteiger partial charge in [0.2, 0.25) is 0 Å². The Morgan fingerprint density at radius 3 is 2.69 bits per heavy atom. The van der Waals surface area contributed by atoms with Crippen LogP contribution in [-0.2, 0) is 0 Å². The third kappa shape index (κ3) is 1.70. The SMILES string of the molecule is CC(=O)c1ccc(O)c(Br)c1C#N. The molecule has 13 heavy (non-hydrogen) atoms. The van der Waals surface area contributed by atoms with Crippen LogP contribution >= 0.6 is 15.9 Å². The summed E-state index contributed by atoms with van der Waals surface area (Å²) < 4.78 is 0.266. The third-order valence-corrected chi connectivity index (χ3v) is 2.42. The Balaban J connectivity index is 3.50. The second-order valence-corrected chi connectivity index (χ2v) is 3.28. The summed E-state index contributed by atoms with van der Waals surface area (Å²) in [6, 6.07) is 4.67. The molecule has 0 heterocycles. The number of aromatic hydroxyl groups is 1. The van der Waals surface area contributed by atoms with Crippen LogP contribution in [0.1, 0.15) is 22.8 Å². The second kappa shape index (κ2) is 3.58. The lowest BCUT2D eigenvalue weighted by Gasteiger charge is -2.03. The summed E-state index contributed by atoms with van der Waals surface area (Å²) in [5.41, 5.74) is 0.486. The van der Waals surface area contributed by atoms with E-state index in [0.717, 1.165) is 0 Å². The number of benzene rings is 1. The van der Waals surface area contributed by atoms with E-state index in [4.69, 9.17) is 5.26 Å². The summed E-state index contributed by atoms with van der Waals surface area (Å²) in [5.74, 6) is -0.237. The first-order valence-electron chi connectivity index (χ1n) is 3.50. The van der Waals surface area contributed by atoms with Crippen molar-refractivity contribution >= 4 is 21.7 Å². The lowest BCUT2D eigenvalue weighted by molar-refractivity contribution is 0.101. The first-order valence-corrected chi connectivity index (χ1v) is 4.29. The van der Waals surface area contributed by atoms with Gasteiger partial charge in [0.15, 0.2) is 5.78 Å². The van der Waals surface area contributed by atoms with Crippen molar-refractivity contribution in [2.75, 3.05) is 0 Å². The largest absolute Gasteiger partial charge is 0.507 e. The number of rotatable bonds is 1. The van der Waals surface area contributed by atoms with Crippen molar-refractivity contribution in [2.24, 2.45) is 0 Å². The maximum atomic E-state index is 11.0. The summed E-state index contributed by atoms with van der Waals surface area (Å²) >= 11 is 3.03. The lowest BCUT2D eigenvalue weighted by atomic mass is 10.1. The van der Waals surface area contributed by atoms with Crippen molar-refractivity contribution in [3.63, 3.8) is 0 Å². The number of nitrogens with zero attached hydrogens (tertiary/aromatic N) is 1. The average molecular weight is 240 g/mol. The summed E-state index contributed by atoms with van der Waals surface area (Å²) in [5, 5.41) is 18.0. The molecule has 0 aliphatic rings. The van der Waals surface area contributed by atoms with Crippen molar-refractivity contribution in [1.82, 2.24) is 0 Å². The Bertz CT molecular complexity index is 407. The van der Waals surface area contributed by atoms with Gasteiger partial charge in [-0.1, -0.05) is 0 Å². The van der Waals surface area contributed by atoms with Crippen LogP contribution in [0, 0.1) is 11.3 Å². The van der Waals surface area contributed by atoms with Gasteiger partial charge in [0.25, 0.3) is 0 Å². The second-order valence-electron chi connectivity index (χ2n) is 2.49. The minimum absolute atomic E-state index is 0.0402. The topological polar surface area (TPSA) is 61.1 Å². The van der Waals surface area contributed by atoms with Crippen LogP contribution in [-0.4, -0.2) is 10.9 Å². The molecule has 0 radical (unpaired) electrons. The number of nitriles is 1. The predicted octanol–water partition coefficient (Wildman–Crippen LogP) is 2.23. The summed E-state index contributed by atoms with van der Waals surface area (Å²) in [6.07, 6.45) is 0. The van der Waals surface area contributed by atoms with Gasteiger partial charge in [0, 0.05) is 5.56 Å². The van der Waals surface area contributed by atoms with Gasteiger partial charge in [-0.25, -0.2) is 0 Å². The van der Waals surface area contributed by atoms with E-state index in [1.807, 2.05) is 6.07 Å². The Morgan fingerprint density at radius 1 is 1.62 bits per heavy atom. The molecule has 0 atom stereocenters. The summed E-state index contributed by atoms with van der Waals surface area (Å²) in [7, 11) is 0. The fourth-order valence-corrected chi connectivity index (χ4v) is 1.40. The quantitative estimate of drug-likeness (QED) is 0.765. The zero-order valence-electron chi connectivity index (χ0n) is 6.84. The smallest absolute Gasteiger partial charge is 0.161 e. The number of phenols is 1. The summed E-state index contributed by atoms with van der Waals surface area (Å²) in [4.78, 5) is 11.0. The maximum Gasteiger partial charge on any atom is 0.161 e. The molecule has 0 amide bonds. The van der Waals surface area contributed by atoms with Crippen molar-refractivity contribution in [3.05, 3.63) is 27.7 Å². The standard InChI is InChI=1S/C9H6BrNO2/c1-5(12)6-2-3-8(13)9(10)7(6)4-11/h2-3,13H,1H3. The molecule has 0 spiro atoms. The van der Waals surface area contributed by atoms with Crippen LogP contribution in [0.4, 0.5) is 0 Å². The van der Waals surface area contributed by atoms with E-state index in [1.54, 1.807) is 0 Å². The van der Waals surface area contributed by atoms with Crippen LogP contribution in [0.2, 0.25) is 0 Å². The molecule has 0 aliphatic heterocycles. The van der Waals surface area contributed by atoms with Gasteiger partial charge in [-0.05, 0) is 35.0 Å². The van der Waals surface area contributed by atoms with E-state index in [-0.39, 0.29) is 21.6 Å². The summed E-state index contributed by atoms with van der Waals surface area (Å²) in [6.45, 7) is 1.37. The van der Waals surface area contributed by atoms with Gasteiger partial charge >= 0.3 is 0 Å². The molecular weight excluding hydrogens is 234 g/mol. The van der Waals surface area contributed by atoms with E-state index in [1.165, 1.54) is 19.1 Å². The first kappa shape index (κ1) is 9.75. The van der Waals surface area contributed by atoms with Crippen molar-refractivity contribution < 1.29 is 9.90 Å². The number of hydrogen-bond acceptors (Lipinski definition) is 3. The minimum Gasteiger partial charge on any atom is -0.507 e. The molecule has 0 aromatic heterocycles. The molecule has 3 nitrogen and oxygen atoms in total. The molecule has 0 saturated carbocycles. The van der Waals surface area contributed by atoms with Crippen molar-refractivity contribution in [2.45, 2.75) is 6.92 Å². The number of halogens is 1. The van der Waals surface area contributed by atoms with Gasteiger partial charge in [0.1, 0.15) is 11.8 Å². The normalized spacial score (nSPS) is 9.31. The van der Waals surface area contributed by atoms with E-state index < -0.39 is 0 Å². The molecule has 0 aliphatic carbocycles. The zero-order valence-corrected chi connectivity index (χ0v) is 8.42. The van der Waals surface area contributed by atoms with E-state index in [0.29, 0.717) is 5.56 Å². The zero-order chi connectivity index (χ0) is 10.0. The predicted molar refractivity (Wildman–Crippen MR) is 50.5 cm³/mol. The number of Topliss-reactive ketones (excluding diaryl/α,β-unsaturated/α-hetero) is 1. The molecule has 1 rings (SSSR count). The highest BCUT2D eigenvalue weighted by Crippen LogP contribution is 2.29. The van der Waals surface area contributed by atoms with Crippen LogP contribution in [0.15, 0.2) is 16.6 Å². The fourth-order valence-electron chi connectivity index (χ4n) is 0.968. The molecule has 0 saturated heterocycles. The van der Waals surface area contributed by atoms with Gasteiger partial charge in [0.05, 0.1) is 10.0 Å². The molecule has 66 valence electrons. The number of phenolic OH excluding ortho intramolecular Hbond substituents is 1. The van der Waals surface area contributed by atoms with Gasteiger partial charge in [-0.3, -0.25) is 4.79 Å². The van der Waals surface area contributed by atoms with Gasteiger partial charge in [-0.15, -0.1) is 0 Å². The highest BCUT2D eigenvalue weighted by Gasteiger charge is 2.12. The van der Waals surface area contributed by atoms with E-state index in [2.05, 4.69) is 15.9 Å². The Kier molecular flexibility index (Phi) is 2.69. The maximum absolute atomic E-state index is 11.0. The minimum atomic E-state index is -0.197. The molecule has 0 unspecified atom stereocenters. The highest BCUT2D eigenvalue weighted by atomic mass is 79.9. The third-order valence-electron chi connectivity index (χ3n) is 1.61. The van der Waals surface area contributed by atoms with Crippen molar-refractivity contribution in [1.29, 1.82) is 5.26 Å². The number of carbonyl (C=O) groups excluding carboxylic acids is 1. The number of hydrogen-bond donors (Lipinski definition) is 1. The van der Waals surface area contributed by atoms with Crippen LogP contribution in [0.25, 0.3) is 0 Å². The molecular formula is C9H6BrNO2. The number of carbonyl (C=O) groups is 1. The molecule has 1 N–H and O–H groups in total. The van der Waals surface area contributed by atoms with Gasteiger partial charge < -0.3 is 5.11 Å². The van der Waals surface area contributed by atoms with E-state index in [9.17, 15) is 9.90 Å². The first-order chi connectivity index (χ1) is 6.07. The van der Waals surface area contributed by atoms with Crippen LogP contribution in [0.5, 0.6) is 5.75 Å². The monoisotopic (exact) mass is 239 g/mol. The van der Waals surface area contributed by atoms with Gasteiger partial charge in [-0.2, -0.15) is 5.26 Å². The highest BCUT2D eigenvalue weighted by molar-refractivity contribution is 9.10. The van der Waals surface area contributed by atoms with Crippen molar-refractivity contribution in [3.8, 4) is 11.8 Å². The molecule has 0 bridgehead atoms. The fraction of sp³-hybridized carbons (Fsp3) is 0.111. The molecule has 4 heteroatoms. The number of ketones is 1. The Labute approximate surface area is 83.7 Å². The molecule has 1 aromatic rings. The van der Waals surface area contributed by atoms with Crippen LogP contribution < -0.4 is 0 Å². The van der Waals surface area contributed by atoms with E-state index >= 15 is 0 Å². The Hall–Kier alpha value is -1.34. The molecule has 0 fully saturated rings.